The summed E-state index contributed by atoms with van der Waals surface area (Å²) in [4.78, 5) is 10.7. The van der Waals surface area contributed by atoms with Crippen molar-refractivity contribution >= 4 is 16.7 Å². The smallest absolute Gasteiger partial charge is 0.451 e. The molecule has 12 heteroatoms. The normalized spacial score (nSPS) is 18.5. The van der Waals surface area contributed by atoms with Crippen molar-refractivity contribution in [3.63, 3.8) is 0 Å². The molecule has 6 rings (SSSR count). The van der Waals surface area contributed by atoms with Crippen molar-refractivity contribution in [3.05, 3.63) is 42.2 Å². The van der Waals surface area contributed by atoms with Gasteiger partial charge < -0.3 is 9.64 Å². The zero-order valence-corrected chi connectivity index (χ0v) is 19.4. The van der Waals surface area contributed by atoms with Crippen LogP contribution in [0.5, 0.6) is 5.75 Å². The van der Waals surface area contributed by atoms with Crippen molar-refractivity contribution in [1.82, 2.24) is 34.9 Å². The largest absolute Gasteiger partial charge is 0.488 e. The second kappa shape index (κ2) is 7.15. The molecule has 2 aliphatic rings. The predicted molar refractivity (Wildman–Crippen MR) is 121 cm³/mol. The molecule has 0 radical (unpaired) electrons. The highest BCUT2D eigenvalue weighted by atomic mass is 19.4. The fourth-order valence-electron chi connectivity index (χ4n) is 4.63. The summed E-state index contributed by atoms with van der Waals surface area (Å²) in [6.07, 6.45) is -1.08. The van der Waals surface area contributed by atoms with Crippen LogP contribution in [-0.4, -0.2) is 47.1 Å². The van der Waals surface area contributed by atoms with Crippen LogP contribution in [0.3, 0.4) is 0 Å². The molecule has 1 aliphatic carbocycles. The van der Waals surface area contributed by atoms with E-state index in [0.717, 1.165) is 29.5 Å². The SMILES string of the molecule is CC1(Oc2ccc3[nH]nc(-c4cc(N5Cc6nnc(C(F)(F)F)n6C(C)(C)C5)ncn4)c3c2)CC1. The molecule has 0 bridgehead atoms. The quantitative estimate of drug-likeness (QED) is 0.461. The summed E-state index contributed by atoms with van der Waals surface area (Å²) in [6.45, 7) is 5.97. The number of aromatic amines is 1. The molecule has 1 fully saturated rings. The topological polar surface area (TPSA) is 97.6 Å². The molecule has 0 unspecified atom stereocenters. The van der Waals surface area contributed by atoms with Gasteiger partial charge in [0.1, 0.15) is 29.2 Å². The third-order valence-corrected chi connectivity index (χ3v) is 6.57. The number of H-pyrrole nitrogens is 1. The van der Waals surface area contributed by atoms with Crippen LogP contribution >= 0.6 is 0 Å². The summed E-state index contributed by atoms with van der Waals surface area (Å²) in [5, 5.41) is 15.6. The van der Waals surface area contributed by atoms with Gasteiger partial charge in [-0.05, 0) is 51.8 Å². The monoisotopic (exact) mass is 484 g/mol. The van der Waals surface area contributed by atoms with Crippen molar-refractivity contribution in [2.75, 3.05) is 11.4 Å². The molecule has 0 atom stereocenters. The Bertz CT molecular complexity index is 1440. The first-order chi connectivity index (χ1) is 16.5. The van der Waals surface area contributed by atoms with E-state index in [1.165, 1.54) is 10.9 Å². The second-order valence-corrected chi connectivity index (χ2v) is 10.0. The molecule has 1 aliphatic heterocycles. The number of anilines is 1. The zero-order valence-electron chi connectivity index (χ0n) is 19.4. The van der Waals surface area contributed by atoms with E-state index in [-0.39, 0.29) is 24.5 Å². The van der Waals surface area contributed by atoms with Crippen LogP contribution in [0.1, 0.15) is 45.3 Å². The summed E-state index contributed by atoms with van der Waals surface area (Å²) >= 11 is 0. The third-order valence-electron chi connectivity index (χ3n) is 6.57. The number of nitrogens with one attached hydrogen (secondary N) is 1. The Kier molecular flexibility index (Phi) is 4.46. The minimum atomic E-state index is -4.58. The molecule has 182 valence electrons. The lowest BCUT2D eigenvalue weighted by molar-refractivity contribution is -0.149. The Morgan fingerprint density at radius 2 is 1.86 bits per heavy atom. The van der Waals surface area contributed by atoms with Crippen LogP contribution in [0.2, 0.25) is 0 Å². The van der Waals surface area contributed by atoms with Gasteiger partial charge in [-0.3, -0.25) is 9.67 Å². The van der Waals surface area contributed by atoms with Gasteiger partial charge >= 0.3 is 6.18 Å². The van der Waals surface area contributed by atoms with Gasteiger partial charge in [-0.25, -0.2) is 9.97 Å². The van der Waals surface area contributed by atoms with Crippen LogP contribution in [0.15, 0.2) is 30.6 Å². The van der Waals surface area contributed by atoms with Crippen LogP contribution in [0.25, 0.3) is 22.3 Å². The van der Waals surface area contributed by atoms with Crippen LogP contribution in [-0.2, 0) is 18.3 Å². The average molecular weight is 484 g/mol. The standard InChI is InChI=1S/C23H23F3N8O/c1-21(2)11-33(10-18-30-32-20(34(18)21)23(24,25)26)17-9-16(27-12-28-17)19-14-8-13(35-22(3)6-7-22)4-5-15(14)29-31-19/h4-5,8-9,12H,6-7,10-11H2,1-3H3,(H,29,31). The number of hydrogen-bond acceptors (Lipinski definition) is 7. The maximum absolute atomic E-state index is 13.5. The van der Waals surface area contributed by atoms with Gasteiger partial charge in [0.2, 0.25) is 5.82 Å². The van der Waals surface area contributed by atoms with Crippen LogP contribution in [0.4, 0.5) is 19.0 Å². The molecule has 1 N–H and O–H groups in total. The van der Waals surface area contributed by atoms with Gasteiger partial charge in [0, 0.05) is 18.0 Å². The van der Waals surface area contributed by atoms with E-state index in [1.807, 2.05) is 23.1 Å². The summed E-state index contributed by atoms with van der Waals surface area (Å²) in [5.74, 6) is 0.586. The number of benzene rings is 1. The fraction of sp³-hybridized carbons (Fsp3) is 0.435. The number of aromatic nitrogens is 7. The molecule has 1 aromatic carbocycles. The van der Waals surface area contributed by atoms with Crippen LogP contribution < -0.4 is 9.64 Å². The number of rotatable bonds is 4. The predicted octanol–water partition coefficient (Wildman–Crippen LogP) is 4.32. The van der Waals surface area contributed by atoms with Crippen molar-refractivity contribution in [3.8, 4) is 17.1 Å². The summed E-state index contributed by atoms with van der Waals surface area (Å²) < 4.78 is 47.6. The molecular formula is C23H23F3N8O. The number of fused-ring (bicyclic) bond motifs is 2. The van der Waals surface area contributed by atoms with Crippen molar-refractivity contribution < 1.29 is 17.9 Å². The minimum absolute atomic E-state index is 0.104. The van der Waals surface area contributed by atoms with E-state index in [0.29, 0.717) is 17.2 Å². The van der Waals surface area contributed by atoms with E-state index in [4.69, 9.17) is 4.74 Å². The number of halogens is 3. The van der Waals surface area contributed by atoms with Crippen molar-refractivity contribution in [2.45, 2.75) is 57.5 Å². The molecule has 0 saturated heterocycles. The molecular weight excluding hydrogens is 461 g/mol. The lowest BCUT2D eigenvalue weighted by Crippen LogP contribution is -2.48. The molecule has 0 amide bonds. The molecule has 9 nitrogen and oxygen atoms in total. The van der Waals surface area contributed by atoms with E-state index < -0.39 is 17.5 Å². The molecule has 3 aromatic heterocycles. The first kappa shape index (κ1) is 21.8. The van der Waals surface area contributed by atoms with E-state index in [9.17, 15) is 13.2 Å². The van der Waals surface area contributed by atoms with Crippen molar-refractivity contribution in [1.29, 1.82) is 0 Å². The molecule has 35 heavy (non-hydrogen) atoms. The Hall–Kier alpha value is -3.70. The van der Waals surface area contributed by atoms with Gasteiger partial charge in [0.05, 0.1) is 23.3 Å². The number of alkyl halides is 3. The number of nitrogens with zero attached hydrogens (tertiary/aromatic N) is 7. The highest BCUT2D eigenvalue weighted by molar-refractivity contribution is 5.93. The minimum Gasteiger partial charge on any atom is -0.488 e. The first-order valence-corrected chi connectivity index (χ1v) is 11.3. The van der Waals surface area contributed by atoms with Crippen LogP contribution in [0, 0.1) is 0 Å². The van der Waals surface area contributed by atoms with Crippen molar-refractivity contribution in [2.24, 2.45) is 0 Å². The second-order valence-electron chi connectivity index (χ2n) is 10.0. The summed E-state index contributed by atoms with van der Waals surface area (Å²) in [6, 6.07) is 7.58. The Balaban J connectivity index is 1.34. The lowest BCUT2D eigenvalue weighted by Gasteiger charge is -2.40. The summed E-state index contributed by atoms with van der Waals surface area (Å²) in [7, 11) is 0. The maximum atomic E-state index is 13.5. The van der Waals surface area contributed by atoms with Gasteiger partial charge in [0.25, 0.3) is 0 Å². The van der Waals surface area contributed by atoms with Gasteiger partial charge in [-0.15, -0.1) is 10.2 Å². The Morgan fingerprint density at radius 3 is 2.60 bits per heavy atom. The van der Waals surface area contributed by atoms with E-state index >= 15 is 0 Å². The van der Waals surface area contributed by atoms with E-state index in [2.05, 4.69) is 37.3 Å². The highest BCUT2D eigenvalue weighted by Gasteiger charge is 2.45. The number of ether oxygens (including phenoxy) is 1. The first-order valence-electron chi connectivity index (χ1n) is 11.3. The highest BCUT2D eigenvalue weighted by Crippen LogP contribution is 2.41. The summed E-state index contributed by atoms with van der Waals surface area (Å²) in [5.41, 5.74) is 1.08. The molecule has 4 heterocycles. The maximum Gasteiger partial charge on any atom is 0.451 e. The molecule has 0 spiro atoms. The fourth-order valence-corrected chi connectivity index (χ4v) is 4.63. The average Bonchev–Trinajstić information content (AvgIpc) is 3.19. The molecule has 1 saturated carbocycles. The Morgan fingerprint density at radius 1 is 1.06 bits per heavy atom. The number of hydrogen-bond donors (Lipinski definition) is 1. The van der Waals surface area contributed by atoms with Gasteiger partial charge in [-0.1, -0.05) is 0 Å². The lowest BCUT2D eigenvalue weighted by atomic mass is 10.0. The zero-order chi connectivity index (χ0) is 24.6. The van der Waals surface area contributed by atoms with Gasteiger partial charge in [0.15, 0.2) is 5.82 Å². The van der Waals surface area contributed by atoms with E-state index in [1.54, 1.807) is 19.9 Å². The molecule has 4 aromatic rings. The van der Waals surface area contributed by atoms with Gasteiger partial charge in [-0.2, -0.15) is 18.3 Å². The Labute approximate surface area is 198 Å². The third kappa shape index (κ3) is 3.76.